The number of carbonyl (C=O) groups excluding carboxylic acids is 2. The molecule has 44 heavy (non-hydrogen) atoms. The summed E-state index contributed by atoms with van der Waals surface area (Å²) in [6.45, 7) is 9.29. The van der Waals surface area contributed by atoms with Gasteiger partial charge in [-0.05, 0) is 95.8 Å². The summed E-state index contributed by atoms with van der Waals surface area (Å²) >= 11 is 3.49. The molecule has 3 aromatic carbocycles. The lowest BCUT2D eigenvalue weighted by Gasteiger charge is -2.14. The molecule has 0 aliphatic heterocycles. The second-order valence-electron chi connectivity index (χ2n) is 11.9. The number of amides is 2. The quantitative estimate of drug-likeness (QED) is 0.211. The Morgan fingerprint density at radius 3 is 1.84 bits per heavy atom. The maximum Gasteiger partial charge on any atom is 0.261 e. The number of rotatable bonds is 10. The van der Waals surface area contributed by atoms with Crippen molar-refractivity contribution in [1.82, 2.24) is 10.6 Å². The van der Waals surface area contributed by atoms with Gasteiger partial charge in [-0.25, -0.2) is 8.42 Å². The van der Waals surface area contributed by atoms with Crippen LogP contribution in [0.25, 0.3) is 0 Å². The van der Waals surface area contributed by atoms with Crippen molar-refractivity contribution >= 4 is 43.5 Å². The zero-order valence-electron chi connectivity index (χ0n) is 26.1. The van der Waals surface area contributed by atoms with Crippen LogP contribution in [0, 0.1) is 0 Å². The molecule has 0 spiro atoms. The first-order valence-electron chi connectivity index (χ1n) is 15.6. The summed E-state index contributed by atoms with van der Waals surface area (Å²) in [5, 5.41) is 5.93. The Balaban J connectivity index is 0.000000233. The number of carbonyl (C=O) groups is 2. The summed E-state index contributed by atoms with van der Waals surface area (Å²) in [5.74, 6) is 1.35. The Morgan fingerprint density at radius 1 is 0.795 bits per heavy atom. The molecule has 7 nitrogen and oxygen atoms in total. The molecule has 0 bridgehead atoms. The Morgan fingerprint density at radius 2 is 1.32 bits per heavy atom. The van der Waals surface area contributed by atoms with Gasteiger partial charge in [-0.1, -0.05) is 67.9 Å². The van der Waals surface area contributed by atoms with E-state index in [0.717, 1.165) is 47.8 Å². The van der Waals surface area contributed by atoms with Gasteiger partial charge in [0.25, 0.3) is 10.0 Å². The van der Waals surface area contributed by atoms with Gasteiger partial charge in [-0.2, -0.15) is 0 Å². The van der Waals surface area contributed by atoms with Crippen LogP contribution in [-0.2, 0) is 32.5 Å². The third-order valence-corrected chi connectivity index (χ3v) is 10.4. The first kappa shape index (κ1) is 33.7. The van der Waals surface area contributed by atoms with E-state index in [2.05, 4.69) is 63.3 Å². The van der Waals surface area contributed by atoms with E-state index in [1.54, 1.807) is 18.2 Å². The summed E-state index contributed by atoms with van der Waals surface area (Å²) in [7, 11) is -3.62. The van der Waals surface area contributed by atoms with Crippen molar-refractivity contribution in [3.05, 3.63) is 93.0 Å². The van der Waals surface area contributed by atoms with E-state index in [1.807, 2.05) is 38.1 Å². The van der Waals surface area contributed by atoms with Gasteiger partial charge in [0.2, 0.25) is 11.8 Å². The number of hydrogen-bond acceptors (Lipinski definition) is 4. The number of fused-ring (bicyclic) bond motifs is 2. The van der Waals surface area contributed by atoms with Crippen LogP contribution < -0.4 is 15.4 Å². The largest absolute Gasteiger partial charge is 0.356 e. The standard InChI is InChI=1S/C22H28N2O3S.C13H16BrNO/c1-4-22(25)23-14-18-6-5-17-13-19(9-12-21(17)18)24-28(26,27)20-10-7-16(8-11-20)15(2)3;1-2-13(16)15-8-10-4-3-9-7-11(14)5-6-12(9)10/h7-13,15,18,24H,4-6,14H2,1-3H3,(H,23,25);5-7,10H,2-4,8H2,1H3,(H,15,16). The molecule has 2 amide bonds. The van der Waals surface area contributed by atoms with Gasteiger partial charge < -0.3 is 10.6 Å². The highest BCUT2D eigenvalue weighted by molar-refractivity contribution is 9.10. The van der Waals surface area contributed by atoms with Crippen LogP contribution in [0.1, 0.15) is 98.9 Å². The molecular weight excluding hydrogens is 638 g/mol. The van der Waals surface area contributed by atoms with Crippen LogP contribution in [0.2, 0.25) is 0 Å². The zero-order valence-corrected chi connectivity index (χ0v) is 28.5. The first-order chi connectivity index (χ1) is 21.0. The van der Waals surface area contributed by atoms with Crippen LogP contribution in [0.15, 0.2) is 70.0 Å². The van der Waals surface area contributed by atoms with Gasteiger partial charge in [-0.15, -0.1) is 0 Å². The van der Waals surface area contributed by atoms with E-state index in [4.69, 9.17) is 0 Å². The summed E-state index contributed by atoms with van der Waals surface area (Å²) in [4.78, 5) is 23.0. The minimum Gasteiger partial charge on any atom is -0.356 e. The van der Waals surface area contributed by atoms with Gasteiger partial charge in [0.15, 0.2) is 0 Å². The van der Waals surface area contributed by atoms with Crippen LogP contribution in [0.4, 0.5) is 5.69 Å². The molecule has 0 fully saturated rings. The van der Waals surface area contributed by atoms with Crippen LogP contribution >= 0.6 is 15.9 Å². The molecular formula is C35H44BrN3O4S. The Bertz CT molecular complexity index is 1570. The summed E-state index contributed by atoms with van der Waals surface area (Å²) < 4.78 is 29.2. The second kappa shape index (κ2) is 15.2. The van der Waals surface area contributed by atoms with Crippen molar-refractivity contribution in [2.45, 2.75) is 88.9 Å². The highest BCUT2D eigenvalue weighted by Crippen LogP contribution is 2.35. The molecule has 0 saturated heterocycles. The number of nitrogens with one attached hydrogen (secondary N) is 3. The van der Waals surface area contributed by atoms with E-state index in [1.165, 1.54) is 16.7 Å². The van der Waals surface area contributed by atoms with Crippen molar-refractivity contribution in [2.75, 3.05) is 17.8 Å². The van der Waals surface area contributed by atoms with E-state index >= 15 is 0 Å². The maximum absolute atomic E-state index is 12.7. The Hall–Kier alpha value is -3.17. The van der Waals surface area contributed by atoms with Gasteiger partial charge in [0, 0.05) is 47.9 Å². The topological polar surface area (TPSA) is 104 Å². The Labute approximate surface area is 270 Å². The smallest absolute Gasteiger partial charge is 0.261 e. The predicted octanol–water partition coefficient (Wildman–Crippen LogP) is 7.17. The molecule has 3 N–H and O–H groups in total. The zero-order chi connectivity index (χ0) is 31.9. The molecule has 2 atom stereocenters. The van der Waals surface area contributed by atoms with Gasteiger partial charge >= 0.3 is 0 Å². The fraction of sp³-hybridized carbons (Fsp3) is 0.429. The highest BCUT2D eigenvalue weighted by Gasteiger charge is 2.24. The SMILES string of the molecule is CCC(=O)NCC1CCc2cc(Br)ccc21.CCC(=O)NCC1CCc2cc(NS(=O)(=O)c3ccc(C(C)C)cc3)ccc21. The van der Waals surface area contributed by atoms with Crippen molar-refractivity contribution in [2.24, 2.45) is 0 Å². The molecule has 236 valence electrons. The normalized spacial score (nSPS) is 16.9. The molecule has 9 heteroatoms. The average molecular weight is 683 g/mol. The molecule has 2 aliphatic rings. The van der Waals surface area contributed by atoms with Crippen molar-refractivity contribution in [3.8, 4) is 0 Å². The molecule has 0 radical (unpaired) electrons. The number of halogens is 1. The third kappa shape index (κ3) is 8.72. The van der Waals surface area contributed by atoms with Crippen molar-refractivity contribution < 1.29 is 18.0 Å². The van der Waals surface area contributed by atoms with Gasteiger partial charge in [-0.3, -0.25) is 14.3 Å². The van der Waals surface area contributed by atoms with E-state index in [-0.39, 0.29) is 16.7 Å². The molecule has 0 aromatic heterocycles. The van der Waals surface area contributed by atoms with E-state index in [0.29, 0.717) is 42.8 Å². The van der Waals surface area contributed by atoms with Crippen molar-refractivity contribution in [3.63, 3.8) is 0 Å². The number of sulfonamides is 1. The van der Waals surface area contributed by atoms with Crippen LogP contribution in [0.5, 0.6) is 0 Å². The van der Waals surface area contributed by atoms with Gasteiger partial charge in [0.1, 0.15) is 0 Å². The molecule has 2 aliphatic carbocycles. The minimum absolute atomic E-state index is 0.0568. The molecule has 3 aromatic rings. The summed E-state index contributed by atoms with van der Waals surface area (Å²) in [6, 6.07) is 19.2. The maximum atomic E-state index is 12.7. The van der Waals surface area contributed by atoms with Gasteiger partial charge in [0.05, 0.1) is 4.90 Å². The molecule has 5 rings (SSSR count). The Kier molecular flexibility index (Phi) is 11.7. The summed E-state index contributed by atoms with van der Waals surface area (Å²) in [5.41, 5.74) is 6.85. The lowest BCUT2D eigenvalue weighted by molar-refractivity contribution is -0.121. The summed E-state index contributed by atoms with van der Waals surface area (Å²) in [6.07, 6.45) is 5.18. The lowest BCUT2D eigenvalue weighted by atomic mass is 10.0. The molecule has 0 saturated carbocycles. The average Bonchev–Trinajstić information content (AvgIpc) is 3.61. The molecule has 2 unspecified atom stereocenters. The molecule has 0 heterocycles. The fourth-order valence-corrected chi connectivity index (χ4v) is 7.30. The highest BCUT2D eigenvalue weighted by atomic mass is 79.9. The van der Waals surface area contributed by atoms with Crippen molar-refractivity contribution in [1.29, 1.82) is 0 Å². The van der Waals surface area contributed by atoms with Crippen LogP contribution in [0.3, 0.4) is 0 Å². The monoisotopic (exact) mass is 681 g/mol. The first-order valence-corrected chi connectivity index (χ1v) is 17.9. The predicted molar refractivity (Wildman–Crippen MR) is 181 cm³/mol. The fourth-order valence-electron chi connectivity index (χ4n) is 5.84. The number of hydrogen-bond donors (Lipinski definition) is 3. The van der Waals surface area contributed by atoms with E-state index < -0.39 is 10.0 Å². The minimum atomic E-state index is -3.62. The second-order valence-corrected chi connectivity index (χ2v) is 14.5. The van der Waals surface area contributed by atoms with E-state index in [9.17, 15) is 18.0 Å². The van der Waals surface area contributed by atoms with Crippen LogP contribution in [-0.4, -0.2) is 33.3 Å². The number of benzene rings is 3. The number of anilines is 1. The lowest BCUT2D eigenvalue weighted by Crippen LogP contribution is -2.26. The number of aryl methyl sites for hydroxylation is 2. The third-order valence-electron chi connectivity index (χ3n) is 8.49.